The number of nitrogen functional groups attached to an aromatic ring is 1. The molecule has 2 aromatic heterocycles. The summed E-state index contributed by atoms with van der Waals surface area (Å²) in [7, 11) is 0. The molecule has 2 heterocycles. The van der Waals surface area contributed by atoms with Crippen LogP contribution in [-0.2, 0) is 11.2 Å². The van der Waals surface area contributed by atoms with Crippen LogP contribution in [0.3, 0.4) is 0 Å². The van der Waals surface area contributed by atoms with E-state index in [1.165, 1.54) is 5.56 Å². The number of benzene rings is 2. The van der Waals surface area contributed by atoms with Crippen molar-refractivity contribution >= 4 is 27.8 Å². The van der Waals surface area contributed by atoms with Crippen molar-refractivity contribution < 1.29 is 4.74 Å². The second kappa shape index (κ2) is 8.40. The largest absolute Gasteiger partial charge is 0.382 e. The minimum atomic E-state index is 0.215. The fraction of sp³-hybridized carbons (Fsp3) is 0.304. The smallest absolute Gasteiger partial charge is 0.152 e. The quantitative estimate of drug-likeness (QED) is 0.451. The van der Waals surface area contributed by atoms with E-state index < -0.39 is 0 Å². The molecule has 0 saturated heterocycles. The molecule has 0 fully saturated rings. The van der Waals surface area contributed by atoms with Crippen molar-refractivity contribution in [2.45, 2.75) is 32.2 Å². The van der Waals surface area contributed by atoms with Crippen molar-refractivity contribution in [3.05, 3.63) is 66.5 Å². The molecule has 5 nitrogen and oxygen atoms in total. The van der Waals surface area contributed by atoms with Gasteiger partial charge in [-0.25, -0.2) is 9.97 Å². The molecule has 0 amide bonds. The molecule has 0 unspecified atom stereocenters. The Morgan fingerprint density at radius 1 is 1.07 bits per heavy atom. The van der Waals surface area contributed by atoms with E-state index in [1.807, 2.05) is 30.6 Å². The second-order valence-electron chi connectivity index (χ2n) is 7.09. The van der Waals surface area contributed by atoms with E-state index in [2.05, 4.69) is 51.8 Å². The number of rotatable bonds is 8. The van der Waals surface area contributed by atoms with Crippen LogP contribution in [0.5, 0.6) is 0 Å². The molecule has 2 aromatic carbocycles. The van der Waals surface area contributed by atoms with E-state index in [0.29, 0.717) is 12.4 Å². The van der Waals surface area contributed by atoms with Gasteiger partial charge in [0, 0.05) is 12.0 Å². The number of nitrogens with zero attached hydrogens (tertiary/aromatic N) is 3. The predicted molar refractivity (Wildman–Crippen MR) is 114 cm³/mol. The molecule has 0 spiro atoms. The van der Waals surface area contributed by atoms with Crippen molar-refractivity contribution in [1.82, 2.24) is 14.5 Å². The van der Waals surface area contributed by atoms with Crippen LogP contribution >= 0.6 is 0 Å². The maximum Gasteiger partial charge on any atom is 0.152 e. The highest BCUT2D eigenvalue weighted by Gasteiger charge is 2.17. The molecule has 0 aliphatic rings. The highest BCUT2D eigenvalue weighted by molar-refractivity contribution is 6.06. The Kier molecular flexibility index (Phi) is 5.53. The van der Waals surface area contributed by atoms with Gasteiger partial charge in [-0.3, -0.25) is 0 Å². The lowest BCUT2D eigenvalue weighted by molar-refractivity contribution is 0.100. The minimum absolute atomic E-state index is 0.215. The number of anilines is 1. The first-order valence-corrected chi connectivity index (χ1v) is 9.90. The van der Waals surface area contributed by atoms with E-state index in [-0.39, 0.29) is 6.04 Å². The SMILES string of the molecule is CC[C@H](COCCCc1ccccc1)n1cnc2c(N)nc3ccccc3c21. The summed E-state index contributed by atoms with van der Waals surface area (Å²) in [5.74, 6) is 0.478. The van der Waals surface area contributed by atoms with Gasteiger partial charge >= 0.3 is 0 Å². The Bertz CT molecular complexity index is 1060. The molecule has 4 aromatic rings. The van der Waals surface area contributed by atoms with Crippen LogP contribution in [0.2, 0.25) is 0 Å². The molecule has 0 saturated carbocycles. The maximum atomic E-state index is 6.15. The maximum absolute atomic E-state index is 6.15. The van der Waals surface area contributed by atoms with E-state index in [4.69, 9.17) is 10.5 Å². The highest BCUT2D eigenvalue weighted by atomic mass is 16.5. The summed E-state index contributed by atoms with van der Waals surface area (Å²) in [5, 5.41) is 1.08. The lowest BCUT2D eigenvalue weighted by Gasteiger charge is -2.19. The van der Waals surface area contributed by atoms with Gasteiger partial charge in [-0.15, -0.1) is 0 Å². The second-order valence-corrected chi connectivity index (χ2v) is 7.09. The van der Waals surface area contributed by atoms with Gasteiger partial charge in [0.1, 0.15) is 5.52 Å². The van der Waals surface area contributed by atoms with Crippen molar-refractivity contribution in [3.63, 3.8) is 0 Å². The van der Waals surface area contributed by atoms with Gasteiger partial charge in [0.2, 0.25) is 0 Å². The van der Waals surface area contributed by atoms with Crippen molar-refractivity contribution in [2.24, 2.45) is 0 Å². The van der Waals surface area contributed by atoms with E-state index in [1.54, 1.807) is 0 Å². The third-order valence-corrected chi connectivity index (χ3v) is 5.21. The summed E-state index contributed by atoms with van der Waals surface area (Å²) in [6.07, 6.45) is 4.89. The zero-order chi connectivity index (χ0) is 19.3. The normalized spacial score (nSPS) is 12.6. The first kappa shape index (κ1) is 18.4. The van der Waals surface area contributed by atoms with Crippen LogP contribution < -0.4 is 5.73 Å². The number of hydrogen-bond donors (Lipinski definition) is 1. The Morgan fingerprint density at radius 2 is 1.86 bits per heavy atom. The van der Waals surface area contributed by atoms with Gasteiger partial charge in [-0.05, 0) is 30.9 Å². The molecule has 0 aliphatic carbocycles. The van der Waals surface area contributed by atoms with Gasteiger partial charge in [-0.1, -0.05) is 55.5 Å². The number of pyridine rings is 1. The lowest BCUT2D eigenvalue weighted by atomic mass is 10.1. The summed E-state index contributed by atoms with van der Waals surface area (Å²) >= 11 is 0. The number of para-hydroxylation sites is 1. The molecule has 0 bridgehead atoms. The lowest BCUT2D eigenvalue weighted by Crippen LogP contribution is -2.15. The topological polar surface area (TPSA) is 66.0 Å². The van der Waals surface area contributed by atoms with Crippen molar-refractivity contribution in [1.29, 1.82) is 0 Å². The third kappa shape index (κ3) is 3.71. The summed E-state index contributed by atoms with van der Waals surface area (Å²) in [5.41, 5.74) is 10.2. The zero-order valence-corrected chi connectivity index (χ0v) is 16.2. The molecule has 144 valence electrons. The number of nitrogens with two attached hydrogens (primary N) is 1. The van der Waals surface area contributed by atoms with Crippen molar-refractivity contribution in [2.75, 3.05) is 18.9 Å². The summed E-state index contributed by atoms with van der Waals surface area (Å²) in [6, 6.07) is 18.8. The Balaban J connectivity index is 1.48. The molecule has 4 rings (SSSR count). The Labute approximate surface area is 165 Å². The average Bonchev–Trinajstić information content (AvgIpc) is 3.17. The molecule has 0 radical (unpaired) electrons. The van der Waals surface area contributed by atoms with Gasteiger partial charge in [0.05, 0.1) is 30.0 Å². The van der Waals surface area contributed by atoms with E-state index >= 15 is 0 Å². The van der Waals surface area contributed by atoms with Gasteiger partial charge < -0.3 is 15.0 Å². The van der Waals surface area contributed by atoms with Crippen LogP contribution in [0, 0.1) is 0 Å². The minimum Gasteiger partial charge on any atom is -0.382 e. The number of aromatic nitrogens is 3. The fourth-order valence-corrected chi connectivity index (χ4v) is 3.68. The van der Waals surface area contributed by atoms with Gasteiger partial charge in [0.15, 0.2) is 5.82 Å². The summed E-state index contributed by atoms with van der Waals surface area (Å²) in [6.45, 7) is 3.59. The summed E-state index contributed by atoms with van der Waals surface area (Å²) in [4.78, 5) is 9.03. The number of hydrogen-bond acceptors (Lipinski definition) is 4. The van der Waals surface area contributed by atoms with Crippen LogP contribution in [0.1, 0.15) is 31.4 Å². The zero-order valence-electron chi connectivity index (χ0n) is 16.2. The Morgan fingerprint density at radius 3 is 2.68 bits per heavy atom. The molecule has 5 heteroatoms. The number of imidazole rings is 1. The highest BCUT2D eigenvalue weighted by Crippen LogP contribution is 2.30. The first-order valence-electron chi connectivity index (χ1n) is 9.90. The van der Waals surface area contributed by atoms with E-state index in [9.17, 15) is 0 Å². The van der Waals surface area contributed by atoms with Crippen LogP contribution in [-0.4, -0.2) is 27.7 Å². The first-order chi connectivity index (χ1) is 13.8. The molecule has 2 N–H and O–H groups in total. The summed E-state index contributed by atoms with van der Waals surface area (Å²) < 4.78 is 8.23. The van der Waals surface area contributed by atoms with Crippen LogP contribution in [0.25, 0.3) is 21.9 Å². The third-order valence-electron chi connectivity index (χ3n) is 5.21. The fourth-order valence-electron chi connectivity index (χ4n) is 3.68. The van der Waals surface area contributed by atoms with Crippen LogP contribution in [0.15, 0.2) is 60.9 Å². The molecular weight excluding hydrogens is 348 g/mol. The molecule has 1 atom stereocenters. The van der Waals surface area contributed by atoms with Gasteiger partial charge in [0.25, 0.3) is 0 Å². The predicted octanol–water partition coefficient (Wildman–Crippen LogP) is 4.77. The average molecular weight is 374 g/mol. The molecule has 0 aliphatic heterocycles. The molecular formula is C23H26N4O. The monoisotopic (exact) mass is 374 g/mol. The number of ether oxygens (including phenoxy) is 1. The molecule has 28 heavy (non-hydrogen) atoms. The van der Waals surface area contributed by atoms with Crippen LogP contribution in [0.4, 0.5) is 5.82 Å². The number of aryl methyl sites for hydroxylation is 1. The van der Waals surface area contributed by atoms with Gasteiger partial charge in [-0.2, -0.15) is 0 Å². The number of fused-ring (bicyclic) bond motifs is 3. The van der Waals surface area contributed by atoms with E-state index in [0.717, 1.165) is 47.8 Å². The van der Waals surface area contributed by atoms with Crippen molar-refractivity contribution in [3.8, 4) is 0 Å². The Hall–Kier alpha value is -2.92. The standard InChI is InChI=1S/C23H26N4O/c1-2-18(15-28-14-8-11-17-9-4-3-5-10-17)27-16-25-21-22(27)19-12-6-7-13-20(19)26-23(21)24/h3-7,9-10,12-13,16,18H,2,8,11,14-15H2,1H3,(H2,24,26)/t18-/m1/s1.